The number of benzene rings is 1. The first-order valence-corrected chi connectivity index (χ1v) is 9.59. The number of piperazine rings is 1. The molecule has 1 aromatic heterocycles. The summed E-state index contributed by atoms with van der Waals surface area (Å²) < 4.78 is 18.5. The largest absolute Gasteiger partial charge is 0.465 e. The number of esters is 1. The maximum atomic E-state index is 13.8. The molecule has 7 nitrogen and oxygen atoms in total. The number of carbonyl (C=O) groups excluding carboxylic acids is 2. The lowest BCUT2D eigenvalue weighted by molar-refractivity contribution is 0.0600. The molecule has 0 saturated carbocycles. The average molecular weight is 400 g/mol. The number of carbonyl (C=O) groups is 2. The zero-order valence-corrected chi connectivity index (χ0v) is 16.7. The third-order valence-corrected chi connectivity index (χ3v) is 5.01. The van der Waals surface area contributed by atoms with Gasteiger partial charge in [0.05, 0.1) is 24.9 Å². The first-order valence-electron chi connectivity index (χ1n) is 9.59. The second-order valence-corrected chi connectivity index (χ2v) is 6.80. The lowest BCUT2D eigenvalue weighted by Crippen LogP contribution is -2.52. The summed E-state index contributed by atoms with van der Waals surface area (Å²) in [6.45, 7) is 6.07. The predicted molar refractivity (Wildman–Crippen MR) is 107 cm³/mol. The quantitative estimate of drug-likeness (QED) is 0.722. The molecule has 0 atom stereocenters. The van der Waals surface area contributed by atoms with Crippen molar-refractivity contribution < 1.29 is 18.7 Å². The van der Waals surface area contributed by atoms with E-state index in [-0.39, 0.29) is 12.6 Å². The summed E-state index contributed by atoms with van der Waals surface area (Å²) in [5, 5.41) is 0. The molecule has 0 radical (unpaired) electrons. The summed E-state index contributed by atoms with van der Waals surface area (Å²) in [6.07, 6.45) is 1.41. The van der Waals surface area contributed by atoms with Gasteiger partial charge in [0.25, 0.3) is 0 Å². The minimum absolute atomic E-state index is 0.164. The van der Waals surface area contributed by atoms with E-state index in [0.29, 0.717) is 30.0 Å². The van der Waals surface area contributed by atoms with E-state index in [2.05, 4.69) is 21.5 Å². The molecule has 0 N–H and O–H groups in total. The molecule has 2 amide bonds. The van der Waals surface area contributed by atoms with E-state index in [1.165, 1.54) is 30.3 Å². The van der Waals surface area contributed by atoms with Crippen LogP contribution in [0.15, 0.2) is 42.6 Å². The summed E-state index contributed by atoms with van der Waals surface area (Å²) in [5.41, 5.74) is 1.38. The summed E-state index contributed by atoms with van der Waals surface area (Å²) in [6, 6.07) is 9.03. The van der Waals surface area contributed by atoms with Crippen LogP contribution in [0.2, 0.25) is 0 Å². The van der Waals surface area contributed by atoms with E-state index < -0.39 is 11.8 Å². The van der Waals surface area contributed by atoms with Crippen LogP contribution in [-0.2, 0) is 11.3 Å². The van der Waals surface area contributed by atoms with Gasteiger partial charge in [0.1, 0.15) is 5.82 Å². The fourth-order valence-corrected chi connectivity index (χ4v) is 3.26. The van der Waals surface area contributed by atoms with Crippen LogP contribution in [-0.4, -0.2) is 66.6 Å². The van der Waals surface area contributed by atoms with Gasteiger partial charge in [-0.2, -0.15) is 0 Å². The number of hydrogen-bond donors (Lipinski definition) is 0. The number of nitrogens with zero attached hydrogens (tertiary/aromatic N) is 4. The SMILES string of the molecule is CCN1CCN(C(=O)N(Cc2ccc(C(=O)OC)cn2)c2cccc(F)c2)CC1. The van der Waals surface area contributed by atoms with Crippen molar-refractivity contribution in [1.29, 1.82) is 0 Å². The van der Waals surface area contributed by atoms with Crippen molar-refractivity contribution >= 4 is 17.7 Å². The van der Waals surface area contributed by atoms with Crippen LogP contribution < -0.4 is 4.90 Å². The minimum Gasteiger partial charge on any atom is -0.465 e. The Hall–Kier alpha value is -3.00. The van der Waals surface area contributed by atoms with Crippen molar-refractivity contribution in [1.82, 2.24) is 14.8 Å². The smallest absolute Gasteiger partial charge is 0.339 e. The van der Waals surface area contributed by atoms with Crippen molar-refractivity contribution in [2.45, 2.75) is 13.5 Å². The number of anilines is 1. The van der Waals surface area contributed by atoms with Gasteiger partial charge in [-0.05, 0) is 36.9 Å². The van der Waals surface area contributed by atoms with Crippen LogP contribution in [0.5, 0.6) is 0 Å². The third kappa shape index (κ3) is 5.08. The average Bonchev–Trinajstić information content (AvgIpc) is 2.77. The molecule has 2 aromatic rings. The Morgan fingerprint density at radius 2 is 1.93 bits per heavy atom. The number of ether oxygens (including phenoxy) is 1. The lowest BCUT2D eigenvalue weighted by atomic mass is 10.2. The Morgan fingerprint density at radius 3 is 2.52 bits per heavy atom. The maximum absolute atomic E-state index is 13.8. The van der Waals surface area contributed by atoms with Crippen LogP contribution in [0.4, 0.5) is 14.9 Å². The number of urea groups is 1. The standard InChI is InChI=1S/C21H25FN4O3/c1-3-24-9-11-25(12-10-24)21(28)26(19-6-4-5-17(22)13-19)15-18-8-7-16(14-23-18)20(27)29-2/h4-8,13-14H,3,9-12,15H2,1-2H3. The first-order chi connectivity index (χ1) is 14.0. The summed E-state index contributed by atoms with van der Waals surface area (Å²) >= 11 is 0. The Kier molecular flexibility index (Phi) is 6.77. The van der Waals surface area contributed by atoms with Gasteiger partial charge in [0.15, 0.2) is 0 Å². The molecule has 29 heavy (non-hydrogen) atoms. The van der Waals surface area contributed by atoms with E-state index in [4.69, 9.17) is 0 Å². The van der Waals surface area contributed by atoms with Gasteiger partial charge in [-0.25, -0.2) is 14.0 Å². The Bertz CT molecular complexity index is 851. The summed E-state index contributed by atoms with van der Waals surface area (Å²) in [5.74, 6) is -0.888. The van der Waals surface area contributed by atoms with Crippen LogP contribution in [0.1, 0.15) is 23.0 Å². The molecule has 1 aliphatic rings. The number of methoxy groups -OCH3 is 1. The Balaban J connectivity index is 1.82. The highest BCUT2D eigenvalue weighted by Crippen LogP contribution is 2.21. The second-order valence-electron chi connectivity index (χ2n) is 6.80. The van der Waals surface area contributed by atoms with E-state index in [0.717, 1.165) is 19.6 Å². The fourth-order valence-electron chi connectivity index (χ4n) is 3.26. The van der Waals surface area contributed by atoms with Gasteiger partial charge in [0, 0.05) is 38.1 Å². The van der Waals surface area contributed by atoms with Crippen molar-refractivity contribution in [3.63, 3.8) is 0 Å². The fraction of sp³-hybridized carbons (Fsp3) is 0.381. The highest BCUT2D eigenvalue weighted by molar-refractivity contribution is 5.92. The van der Waals surface area contributed by atoms with Gasteiger partial charge in [-0.15, -0.1) is 0 Å². The second kappa shape index (κ2) is 9.47. The van der Waals surface area contributed by atoms with Gasteiger partial charge in [0.2, 0.25) is 0 Å². The highest BCUT2D eigenvalue weighted by Gasteiger charge is 2.26. The van der Waals surface area contributed by atoms with Crippen LogP contribution >= 0.6 is 0 Å². The number of pyridine rings is 1. The molecule has 1 saturated heterocycles. The van der Waals surface area contributed by atoms with Crippen LogP contribution in [0.25, 0.3) is 0 Å². The molecule has 3 rings (SSSR count). The molecule has 1 fully saturated rings. The van der Waals surface area contributed by atoms with Crippen molar-refractivity contribution in [2.75, 3.05) is 44.7 Å². The number of halogens is 1. The molecule has 1 aliphatic heterocycles. The Labute approximate surface area is 169 Å². The molecule has 0 aliphatic carbocycles. The van der Waals surface area contributed by atoms with Crippen LogP contribution in [0, 0.1) is 5.82 Å². The molecule has 0 spiro atoms. The molecule has 8 heteroatoms. The molecule has 2 heterocycles. The molecule has 0 unspecified atom stereocenters. The molecule has 0 bridgehead atoms. The van der Waals surface area contributed by atoms with Crippen molar-refractivity contribution in [3.05, 3.63) is 59.7 Å². The number of amides is 2. The van der Waals surface area contributed by atoms with E-state index in [1.807, 2.05) is 0 Å². The normalized spacial score (nSPS) is 14.5. The monoisotopic (exact) mass is 400 g/mol. The van der Waals surface area contributed by atoms with Gasteiger partial charge in [-0.3, -0.25) is 9.88 Å². The van der Waals surface area contributed by atoms with Crippen molar-refractivity contribution in [3.8, 4) is 0 Å². The zero-order chi connectivity index (χ0) is 20.8. The summed E-state index contributed by atoms with van der Waals surface area (Å²) in [7, 11) is 1.30. The Morgan fingerprint density at radius 1 is 1.17 bits per heavy atom. The zero-order valence-electron chi connectivity index (χ0n) is 16.7. The number of aromatic nitrogens is 1. The van der Waals surface area contributed by atoms with E-state index >= 15 is 0 Å². The minimum atomic E-state index is -0.476. The van der Waals surface area contributed by atoms with Crippen LogP contribution in [0.3, 0.4) is 0 Å². The van der Waals surface area contributed by atoms with Crippen molar-refractivity contribution in [2.24, 2.45) is 0 Å². The number of rotatable bonds is 5. The third-order valence-electron chi connectivity index (χ3n) is 5.01. The predicted octanol–water partition coefficient (Wildman–Crippen LogP) is 2.77. The lowest BCUT2D eigenvalue weighted by Gasteiger charge is -2.37. The number of hydrogen-bond acceptors (Lipinski definition) is 5. The number of likely N-dealkylation sites (N-methyl/N-ethyl adjacent to an activating group) is 1. The van der Waals surface area contributed by atoms with Gasteiger partial charge in [-0.1, -0.05) is 13.0 Å². The van der Waals surface area contributed by atoms with E-state index in [1.54, 1.807) is 29.2 Å². The summed E-state index contributed by atoms with van der Waals surface area (Å²) in [4.78, 5) is 34.7. The van der Waals surface area contributed by atoms with E-state index in [9.17, 15) is 14.0 Å². The molecular formula is C21H25FN4O3. The topological polar surface area (TPSA) is 66.0 Å². The highest BCUT2D eigenvalue weighted by atomic mass is 19.1. The molecular weight excluding hydrogens is 375 g/mol. The van der Waals surface area contributed by atoms with Gasteiger partial charge < -0.3 is 14.5 Å². The maximum Gasteiger partial charge on any atom is 0.339 e. The molecule has 1 aromatic carbocycles. The van der Waals surface area contributed by atoms with Gasteiger partial charge >= 0.3 is 12.0 Å². The first kappa shape index (κ1) is 20.7. The molecule has 154 valence electrons.